The summed E-state index contributed by atoms with van der Waals surface area (Å²) in [7, 11) is 0. The highest BCUT2D eigenvalue weighted by Crippen LogP contribution is 2.23. The molecule has 126 valence electrons. The van der Waals surface area contributed by atoms with E-state index < -0.39 is 5.41 Å². The lowest BCUT2D eigenvalue weighted by molar-refractivity contribution is -0.139. The van der Waals surface area contributed by atoms with Crippen LogP contribution in [-0.4, -0.2) is 17.9 Å². The van der Waals surface area contributed by atoms with Crippen LogP contribution in [0.3, 0.4) is 0 Å². The van der Waals surface area contributed by atoms with Gasteiger partial charge in [0.25, 0.3) is 0 Å². The van der Waals surface area contributed by atoms with Crippen molar-refractivity contribution in [3.05, 3.63) is 29.3 Å². The van der Waals surface area contributed by atoms with Crippen LogP contribution in [0.2, 0.25) is 0 Å². The number of aryl methyl sites for hydroxylation is 2. The van der Waals surface area contributed by atoms with E-state index >= 15 is 0 Å². The number of carbonyl (C=O) groups excluding carboxylic acids is 2. The third-order valence-corrected chi connectivity index (χ3v) is 4.56. The number of hydrogen-bond acceptors (Lipinski definition) is 2. The molecule has 0 saturated heterocycles. The molecule has 1 saturated carbocycles. The van der Waals surface area contributed by atoms with Crippen LogP contribution >= 0.6 is 0 Å². The normalized spacial score (nSPS) is 16.0. The lowest BCUT2D eigenvalue weighted by atomic mass is 9.88. The van der Waals surface area contributed by atoms with E-state index in [4.69, 9.17) is 0 Å². The molecule has 0 atom stereocenters. The van der Waals surface area contributed by atoms with E-state index in [-0.39, 0.29) is 17.9 Å². The Bertz CT molecular complexity index is 567. The number of amides is 2. The Hall–Kier alpha value is -1.84. The Balaban J connectivity index is 2.01. The maximum absolute atomic E-state index is 12.6. The molecule has 0 spiro atoms. The maximum atomic E-state index is 12.6. The first-order chi connectivity index (χ1) is 10.8. The average Bonchev–Trinajstić information content (AvgIpc) is 2.47. The van der Waals surface area contributed by atoms with Crippen molar-refractivity contribution in [2.24, 2.45) is 5.41 Å². The quantitative estimate of drug-likeness (QED) is 0.832. The van der Waals surface area contributed by atoms with E-state index in [1.54, 1.807) is 13.8 Å². The van der Waals surface area contributed by atoms with Crippen molar-refractivity contribution in [2.45, 2.75) is 65.8 Å². The first-order valence-electron chi connectivity index (χ1n) is 8.50. The van der Waals surface area contributed by atoms with Gasteiger partial charge in [-0.3, -0.25) is 9.59 Å². The number of carbonyl (C=O) groups is 2. The molecule has 1 fully saturated rings. The summed E-state index contributed by atoms with van der Waals surface area (Å²) < 4.78 is 0. The zero-order chi connectivity index (χ0) is 17.0. The molecule has 0 unspecified atom stereocenters. The fraction of sp³-hybridized carbons (Fsp3) is 0.579. The van der Waals surface area contributed by atoms with E-state index in [0.717, 1.165) is 42.5 Å². The molecule has 4 nitrogen and oxygen atoms in total. The van der Waals surface area contributed by atoms with Crippen LogP contribution in [0.25, 0.3) is 0 Å². The number of nitrogens with one attached hydrogen (secondary N) is 2. The van der Waals surface area contributed by atoms with Gasteiger partial charge in [0.2, 0.25) is 11.8 Å². The molecular formula is C19H28N2O2. The molecule has 2 rings (SSSR count). The Labute approximate surface area is 139 Å². The van der Waals surface area contributed by atoms with E-state index in [1.165, 1.54) is 6.42 Å². The van der Waals surface area contributed by atoms with Crippen molar-refractivity contribution in [3.63, 3.8) is 0 Å². The lowest BCUT2D eigenvalue weighted by Crippen LogP contribution is -2.49. The molecular weight excluding hydrogens is 288 g/mol. The minimum absolute atomic E-state index is 0.189. The number of hydrogen-bond donors (Lipinski definition) is 2. The van der Waals surface area contributed by atoms with Crippen molar-refractivity contribution in [2.75, 3.05) is 5.32 Å². The summed E-state index contributed by atoms with van der Waals surface area (Å²) in [6.45, 7) is 7.35. The fourth-order valence-electron chi connectivity index (χ4n) is 3.05. The third kappa shape index (κ3) is 4.57. The SMILES string of the molecule is Cc1cc(C)cc(NC(=O)C(C)(C)C(=O)NC2CCCCC2)c1. The summed E-state index contributed by atoms with van der Waals surface area (Å²) in [4.78, 5) is 25.1. The van der Waals surface area contributed by atoms with Crippen LogP contribution in [0.1, 0.15) is 57.1 Å². The molecule has 0 aliphatic heterocycles. The van der Waals surface area contributed by atoms with Gasteiger partial charge in [-0.15, -0.1) is 0 Å². The summed E-state index contributed by atoms with van der Waals surface area (Å²) >= 11 is 0. The highest BCUT2D eigenvalue weighted by atomic mass is 16.2. The topological polar surface area (TPSA) is 58.2 Å². The zero-order valence-electron chi connectivity index (χ0n) is 14.7. The highest BCUT2D eigenvalue weighted by Gasteiger charge is 2.37. The predicted molar refractivity (Wildman–Crippen MR) is 93.3 cm³/mol. The van der Waals surface area contributed by atoms with Gasteiger partial charge >= 0.3 is 0 Å². The van der Waals surface area contributed by atoms with E-state index in [1.807, 2.05) is 26.0 Å². The standard InChI is InChI=1S/C19H28N2O2/c1-13-10-14(2)12-16(11-13)21-18(23)19(3,4)17(22)20-15-8-6-5-7-9-15/h10-12,15H,5-9H2,1-4H3,(H,20,22)(H,21,23). The number of anilines is 1. The van der Waals surface area contributed by atoms with Crippen LogP contribution in [0, 0.1) is 19.3 Å². The van der Waals surface area contributed by atoms with Gasteiger partial charge in [-0.25, -0.2) is 0 Å². The Morgan fingerprint density at radius 1 is 0.957 bits per heavy atom. The summed E-state index contributed by atoms with van der Waals surface area (Å²) in [6, 6.07) is 6.10. The largest absolute Gasteiger partial charge is 0.352 e. The average molecular weight is 316 g/mol. The Morgan fingerprint density at radius 2 is 1.52 bits per heavy atom. The Kier molecular flexibility index (Phi) is 5.45. The van der Waals surface area contributed by atoms with Crippen molar-refractivity contribution in [1.82, 2.24) is 5.32 Å². The van der Waals surface area contributed by atoms with Crippen LogP contribution in [0.15, 0.2) is 18.2 Å². The molecule has 1 aliphatic carbocycles. The lowest BCUT2D eigenvalue weighted by Gasteiger charge is -2.28. The molecule has 2 amide bonds. The predicted octanol–water partition coefficient (Wildman–Crippen LogP) is 3.72. The summed E-state index contributed by atoms with van der Waals surface area (Å²) in [5.74, 6) is -0.456. The van der Waals surface area contributed by atoms with Crippen molar-refractivity contribution in [3.8, 4) is 0 Å². The van der Waals surface area contributed by atoms with Gasteiger partial charge in [-0.2, -0.15) is 0 Å². The Morgan fingerprint density at radius 3 is 2.09 bits per heavy atom. The highest BCUT2D eigenvalue weighted by molar-refractivity contribution is 6.09. The molecule has 0 heterocycles. The molecule has 2 N–H and O–H groups in total. The van der Waals surface area contributed by atoms with E-state index in [2.05, 4.69) is 16.7 Å². The second-order valence-corrected chi connectivity index (χ2v) is 7.26. The van der Waals surface area contributed by atoms with Gasteiger partial charge in [0.05, 0.1) is 0 Å². The first kappa shape index (κ1) is 17.5. The smallest absolute Gasteiger partial charge is 0.239 e. The molecule has 0 bridgehead atoms. The first-order valence-corrected chi connectivity index (χ1v) is 8.50. The minimum atomic E-state index is -1.09. The van der Waals surface area contributed by atoms with Gasteiger partial charge in [-0.05, 0) is 63.8 Å². The summed E-state index contributed by atoms with van der Waals surface area (Å²) in [5.41, 5.74) is 1.83. The van der Waals surface area contributed by atoms with E-state index in [0.29, 0.717) is 0 Å². The summed E-state index contributed by atoms with van der Waals surface area (Å²) in [6.07, 6.45) is 5.57. The second kappa shape index (κ2) is 7.16. The second-order valence-electron chi connectivity index (χ2n) is 7.26. The van der Waals surface area contributed by atoms with Crippen LogP contribution in [-0.2, 0) is 9.59 Å². The van der Waals surface area contributed by atoms with Crippen LogP contribution in [0.4, 0.5) is 5.69 Å². The van der Waals surface area contributed by atoms with Gasteiger partial charge < -0.3 is 10.6 Å². The summed E-state index contributed by atoms with van der Waals surface area (Å²) in [5, 5.41) is 5.93. The van der Waals surface area contributed by atoms with Crippen LogP contribution in [0.5, 0.6) is 0 Å². The van der Waals surface area contributed by atoms with E-state index in [9.17, 15) is 9.59 Å². The molecule has 4 heteroatoms. The molecule has 23 heavy (non-hydrogen) atoms. The van der Waals surface area contributed by atoms with Gasteiger partial charge in [0, 0.05) is 11.7 Å². The van der Waals surface area contributed by atoms with Gasteiger partial charge in [-0.1, -0.05) is 25.3 Å². The molecule has 0 aromatic heterocycles. The monoisotopic (exact) mass is 316 g/mol. The number of benzene rings is 1. The zero-order valence-corrected chi connectivity index (χ0v) is 14.7. The maximum Gasteiger partial charge on any atom is 0.239 e. The third-order valence-electron chi connectivity index (χ3n) is 4.56. The molecule has 1 aromatic rings. The van der Waals surface area contributed by atoms with Crippen molar-refractivity contribution >= 4 is 17.5 Å². The molecule has 1 aliphatic rings. The van der Waals surface area contributed by atoms with Gasteiger partial charge in [0.15, 0.2) is 0 Å². The van der Waals surface area contributed by atoms with Crippen LogP contribution < -0.4 is 10.6 Å². The minimum Gasteiger partial charge on any atom is -0.352 e. The fourth-order valence-corrected chi connectivity index (χ4v) is 3.05. The molecule has 1 aromatic carbocycles. The van der Waals surface area contributed by atoms with Gasteiger partial charge in [0.1, 0.15) is 5.41 Å². The molecule has 0 radical (unpaired) electrons. The van der Waals surface area contributed by atoms with Crippen molar-refractivity contribution in [1.29, 1.82) is 0 Å². The van der Waals surface area contributed by atoms with Crippen molar-refractivity contribution < 1.29 is 9.59 Å². The number of rotatable bonds is 4.